The quantitative estimate of drug-likeness (QED) is 0.811. The molecule has 1 aromatic carbocycles. The second-order valence-electron chi connectivity index (χ2n) is 6.14. The maximum absolute atomic E-state index is 3.63. The Morgan fingerprint density at radius 3 is 2.31 bits per heavy atom. The van der Waals surface area contributed by atoms with Gasteiger partial charge in [-0.05, 0) is 41.7 Å². The molecule has 1 aromatic rings. The van der Waals surface area contributed by atoms with Crippen molar-refractivity contribution >= 4 is 0 Å². The molecule has 2 fully saturated rings. The molecule has 2 aliphatic carbocycles. The minimum absolute atomic E-state index is 0.536. The van der Waals surface area contributed by atoms with Crippen LogP contribution in [0.25, 0.3) is 0 Å². The molecule has 0 saturated heterocycles. The number of hydrogen-bond donors (Lipinski definition) is 1. The summed E-state index contributed by atoms with van der Waals surface area (Å²) in [4.78, 5) is 0. The van der Waals surface area contributed by atoms with Gasteiger partial charge in [0.2, 0.25) is 0 Å². The topological polar surface area (TPSA) is 12.0 Å². The molecule has 1 heteroatoms. The van der Waals surface area contributed by atoms with E-state index in [1.165, 1.54) is 30.4 Å². The summed E-state index contributed by atoms with van der Waals surface area (Å²) in [5.74, 6) is 0.879. The first kappa shape index (κ1) is 10.3. The van der Waals surface area contributed by atoms with Crippen molar-refractivity contribution in [2.24, 2.45) is 5.41 Å². The Morgan fingerprint density at radius 2 is 1.81 bits per heavy atom. The molecule has 0 heterocycles. The lowest BCUT2D eigenvalue weighted by Gasteiger charge is -2.07. The van der Waals surface area contributed by atoms with Gasteiger partial charge < -0.3 is 5.32 Å². The summed E-state index contributed by atoms with van der Waals surface area (Å²) >= 11 is 0. The van der Waals surface area contributed by atoms with E-state index in [0.29, 0.717) is 5.41 Å². The van der Waals surface area contributed by atoms with Crippen molar-refractivity contribution in [1.29, 1.82) is 0 Å². The smallest absolute Gasteiger partial charge is 0.0208 e. The largest absolute Gasteiger partial charge is 0.309 e. The van der Waals surface area contributed by atoms with Crippen molar-refractivity contribution in [3.05, 3.63) is 35.4 Å². The van der Waals surface area contributed by atoms with Gasteiger partial charge in [-0.1, -0.05) is 38.1 Å². The van der Waals surface area contributed by atoms with Crippen molar-refractivity contribution in [2.75, 3.05) is 0 Å². The molecule has 0 bridgehead atoms. The number of rotatable bonds is 4. The minimum atomic E-state index is 0.536. The fraction of sp³-hybridized carbons (Fsp3) is 0.600. The van der Waals surface area contributed by atoms with Gasteiger partial charge in [0.25, 0.3) is 0 Å². The standard InChI is InChI=1S/C15H21N/c1-15(2)9-14(15)16-10-11-3-5-12(6-4-11)13-7-8-13/h3-6,13-14,16H,7-10H2,1-2H3. The average molecular weight is 215 g/mol. The lowest BCUT2D eigenvalue weighted by molar-refractivity contribution is 0.542. The maximum Gasteiger partial charge on any atom is 0.0208 e. The van der Waals surface area contributed by atoms with Gasteiger partial charge in [-0.25, -0.2) is 0 Å². The molecule has 1 unspecified atom stereocenters. The molecule has 2 saturated carbocycles. The maximum atomic E-state index is 3.63. The van der Waals surface area contributed by atoms with E-state index in [-0.39, 0.29) is 0 Å². The van der Waals surface area contributed by atoms with Crippen molar-refractivity contribution < 1.29 is 0 Å². The Bertz CT molecular complexity index is 373. The highest BCUT2D eigenvalue weighted by Crippen LogP contribution is 2.44. The molecule has 16 heavy (non-hydrogen) atoms. The second-order valence-corrected chi connectivity index (χ2v) is 6.14. The highest BCUT2D eigenvalue weighted by Gasteiger charge is 2.44. The first-order valence-corrected chi connectivity index (χ1v) is 6.47. The van der Waals surface area contributed by atoms with E-state index in [1.807, 2.05) is 0 Å². The molecule has 2 aliphatic rings. The number of hydrogen-bond acceptors (Lipinski definition) is 1. The summed E-state index contributed by atoms with van der Waals surface area (Å²) in [6.07, 6.45) is 4.12. The van der Waals surface area contributed by atoms with Crippen LogP contribution in [-0.4, -0.2) is 6.04 Å². The second kappa shape index (κ2) is 3.59. The molecular formula is C15H21N. The lowest BCUT2D eigenvalue weighted by Crippen LogP contribution is -2.19. The van der Waals surface area contributed by atoms with Gasteiger partial charge in [-0.15, -0.1) is 0 Å². The van der Waals surface area contributed by atoms with Crippen LogP contribution in [0.5, 0.6) is 0 Å². The molecule has 86 valence electrons. The summed E-state index contributed by atoms with van der Waals surface area (Å²) in [5, 5.41) is 3.63. The van der Waals surface area contributed by atoms with Crippen molar-refractivity contribution in [1.82, 2.24) is 5.32 Å². The van der Waals surface area contributed by atoms with Crippen LogP contribution in [0.3, 0.4) is 0 Å². The van der Waals surface area contributed by atoms with E-state index in [1.54, 1.807) is 0 Å². The Hall–Kier alpha value is -0.820. The molecule has 0 aromatic heterocycles. The van der Waals surface area contributed by atoms with Gasteiger partial charge in [-0.2, -0.15) is 0 Å². The summed E-state index contributed by atoms with van der Waals surface area (Å²) in [5.41, 5.74) is 3.50. The van der Waals surface area contributed by atoms with Crippen LogP contribution >= 0.6 is 0 Å². The molecule has 0 spiro atoms. The fourth-order valence-corrected chi connectivity index (χ4v) is 2.38. The Balaban J connectivity index is 1.54. The van der Waals surface area contributed by atoms with Crippen molar-refractivity contribution in [3.63, 3.8) is 0 Å². The molecule has 3 rings (SSSR count). The first-order chi connectivity index (χ1) is 7.65. The van der Waals surface area contributed by atoms with E-state index >= 15 is 0 Å². The first-order valence-electron chi connectivity index (χ1n) is 6.47. The van der Waals surface area contributed by atoms with E-state index in [9.17, 15) is 0 Å². The van der Waals surface area contributed by atoms with Crippen LogP contribution in [-0.2, 0) is 6.54 Å². The molecule has 1 atom stereocenters. The third-order valence-corrected chi connectivity index (χ3v) is 4.09. The molecule has 1 N–H and O–H groups in total. The van der Waals surface area contributed by atoms with E-state index in [2.05, 4.69) is 43.4 Å². The Labute approximate surface area is 98.3 Å². The van der Waals surface area contributed by atoms with Crippen LogP contribution in [0.4, 0.5) is 0 Å². The Morgan fingerprint density at radius 1 is 1.19 bits per heavy atom. The number of benzene rings is 1. The molecule has 1 nitrogen and oxygen atoms in total. The number of nitrogens with one attached hydrogen (secondary N) is 1. The third kappa shape index (κ3) is 2.15. The summed E-state index contributed by atoms with van der Waals surface area (Å²) in [6.45, 7) is 5.70. The zero-order valence-corrected chi connectivity index (χ0v) is 10.3. The van der Waals surface area contributed by atoms with Crippen LogP contribution in [0.1, 0.15) is 50.2 Å². The predicted molar refractivity (Wildman–Crippen MR) is 67.4 cm³/mol. The highest BCUT2D eigenvalue weighted by molar-refractivity contribution is 5.28. The zero-order chi connectivity index (χ0) is 11.2. The molecule has 0 amide bonds. The normalized spacial score (nSPS) is 26.8. The van der Waals surface area contributed by atoms with Crippen molar-refractivity contribution in [2.45, 2.75) is 51.6 Å². The third-order valence-electron chi connectivity index (χ3n) is 4.09. The SMILES string of the molecule is CC1(C)CC1NCc1ccc(C2CC2)cc1. The van der Waals surface area contributed by atoms with Gasteiger partial charge in [0.15, 0.2) is 0 Å². The monoisotopic (exact) mass is 215 g/mol. The zero-order valence-electron chi connectivity index (χ0n) is 10.3. The van der Waals surface area contributed by atoms with Gasteiger partial charge in [0.1, 0.15) is 0 Å². The van der Waals surface area contributed by atoms with Gasteiger partial charge in [0, 0.05) is 12.6 Å². The summed E-state index contributed by atoms with van der Waals surface area (Å²) < 4.78 is 0. The van der Waals surface area contributed by atoms with Crippen LogP contribution in [0, 0.1) is 5.41 Å². The fourth-order valence-electron chi connectivity index (χ4n) is 2.38. The molecular weight excluding hydrogens is 194 g/mol. The van der Waals surface area contributed by atoms with E-state index in [4.69, 9.17) is 0 Å². The average Bonchev–Trinajstić information content (AvgIpc) is 3.14. The van der Waals surface area contributed by atoms with Crippen LogP contribution in [0.2, 0.25) is 0 Å². The Kier molecular flexibility index (Phi) is 2.32. The minimum Gasteiger partial charge on any atom is -0.309 e. The van der Waals surface area contributed by atoms with Gasteiger partial charge in [-0.3, -0.25) is 0 Å². The molecule has 0 aliphatic heterocycles. The van der Waals surface area contributed by atoms with Gasteiger partial charge in [0.05, 0.1) is 0 Å². The van der Waals surface area contributed by atoms with E-state index in [0.717, 1.165) is 18.5 Å². The predicted octanol–water partition coefficient (Wildman–Crippen LogP) is 3.45. The van der Waals surface area contributed by atoms with Crippen LogP contribution < -0.4 is 5.32 Å². The van der Waals surface area contributed by atoms with Crippen LogP contribution in [0.15, 0.2) is 24.3 Å². The van der Waals surface area contributed by atoms with Crippen molar-refractivity contribution in [3.8, 4) is 0 Å². The summed E-state index contributed by atoms with van der Waals surface area (Å²) in [7, 11) is 0. The molecule has 0 radical (unpaired) electrons. The highest BCUT2D eigenvalue weighted by atomic mass is 15.0. The van der Waals surface area contributed by atoms with E-state index < -0.39 is 0 Å². The lowest BCUT2D eigenvalue weighted by atomic mass is 10.1. The summed E-state index contributed by atoms with van der Waals surface area (Å²) in [6, 6.07) is 9.93. The van der Waals surface area contributed by atoms with Gasteiger partial charge >= 0.3 is 0 Å².